The van der Waals surface area contributed by atoms with Crippen molar-refractivity contribution in [2.45, 2.75) is 26.8 Å². The Labute approximate surface area is 198 Å². The number of hydrogen-bond acceptors (Lipinski definition) is 4. The number of terminal acetylenes is 1. The number of carbonyl (C=O) groups is 1. The summed E-state index contributed by atoms with van der Waals surface area (Å²) in [5.74, 6) is 2.95. The van der Waals surface area contributed by atoms with Gasteiger partial charge in [0.1, 0.15) is 11.3 Å². The van der Waals surface area contributed by atoms with E-state index in [0.29, 0.717) is 39.1 Å². The molecule has 170 valence electrons. The molecule has 4 aromatic rings. The highest BCUT2D eigenvalue weighted by Gasteiger charge is 2.20. The smallest absolute Gasteiger partial charge is 0.253 e. The van der Waals surface area contributed by atoms with Gasteiger partial charge >= 0.3 is 0 Å². The molecule has 34 heavy (non-hydrogen) atoms. The van der Waals surface area contributed by atoms with E-state index in [1.54, 1.807) is 20.0 Å². The first-order valence-electron chi connectivity index (χ1n) is 11.1. The summed E-state index contributed by atoms with van der Waals surface area (Å²) in [5.41, 5.74) is 5.44. The Hall–Kier alpha value is -4.30. The van der Waals surface area contributed by atoms with Gasteiger partial charge in [-0.3, -0.25) is 9.59 Å². The molecule has 0 fully saturated rings. The molecule has 0 aliphatic carbocycles. The van der Waals surface area contributed by atoms with Gasteiger partial charge in [-0.1, -0.05) is 36.3 Å². The molecular weight excluding hydrogens is 424 g/mol. The molecule has 1 atom stereocenters. The lowest BCUT2D eigenvalue weighted by Gasteiger charge is -2.20. The van der Waals surface area contributed by atoms with E-state index in [1.165, 1.54) is 0 Å². The van der Waals surface area contributed by atoms with Crippen LogP contribution in [0.15, 0.2) is 69.9 Å². The van der Waals surface area contributed by atoms with E-state index < -0.39 is 0 Å². The highest BCUT2D eigenvalue weighted by atomic mass is 16.3. The zero-order valence-electron chi connectivity index (χ0n) is 19.7. The fourth-order valence-electron chi connectivity index (χ4n) is 4.17. The third-order valence-electron chi connectivity index (χ3n) is 5.92. The number of carbonyl (C=O) groups excluding carboxylic acids is 1. The lowest BCUT2D eigenvalue weighted by molar-refractivity contribution is 0.0964. The summed E-state index contributed by atoms with van der Waals surface area (Å²) in [5, 5.41) is 6.62. The topological polar surface area (TPSA) is 71.3 Å². The predicted molar refractivity (Wildman–Crippen MR) is 137 cm³/mol. The fourth-order valence-corrected chi connectivity index (χ4v) is 4.17. The van der Waals surface area contributed by atoms with Crippen molar-refractivity contribution in [3.63, 3.8) is 0 Å². The molecule has 0 unspecified atom stereocenters. The van der Waals surface area contributed by atoms with Crippen LogP contribution in [-0.2, 0) is 0 Å². The maximum Gasteiger partial charge on any atom is 0.253 e. The number of anilines is 1. The molecule has 1 aromatic heterocycles. The van der Waals surface area contributed by atoms with Crippen LogP contribution in [0, 0.1) is 26.2 Å². The van der Waals surface area contributed by atoms with Crippen molar-refractivity contribution in [1.29, 1.82) is 0 Å². The molecule has 0 aliphatic rings. The van der Waals surface area contributed by atoms with Crippen molar-refractivity contribution in [3.8, 4) is 23.7 Å². The summed E-state index contributed by atoms with van der Waals surface area (Å²) in [4.78, 5) is 25.7. The Kier molecular flexibility index (Phi) is 6.25. The Morgan fingerprint density at radius 3 is 2.56 bits per heavy atom. The van der Waals surface area contributed by atoms with Crippen LogP contribution < -0.4 is 16.1 Å². The van der Waals surface area contributed by atoms with E-state index in [4.69, 9.17) is 10.8 Å². The minimum atomic E-state index is -0.246. The van der Waals surface area contributed by atoms with E-state index in [-0.39, 0.29) is 17.4 Å². The van der Waals surface area contributed by atoms with Crippen LogP contribution in [0.4, 0.5) is 5.69 Å². The number of fused-ring (bicyclic) bond motifs is 1. The summed E-state index contributed by atoms with van der Waals surface area (Å²) in [6, 6.07) is 18.3. The second-order valence-corrected chi connectivity index (χ2v) is 8.33. The number of nitrogens with one attached hydrogen (secondary N) is 2. The van der Waals surface area contributed by atoms with Gasteiger partial charge < -0.3 is 15.1 Å². The van der Waals surface area contributed by atoms with Crippen LogP contribution in [0.3, 0.4) is 0 Å². The van der Waals surface area contributed by atoms with Crippen LogP contribution in [0.2, 0.25) is 0 Å². The molecular formula is C29H26N2O3. The van der Waals surface area contributed by atoms with E-state index >= 15 is 0 Å². The lowest BCUT2D eigenvalue weighted by Crippen LogP contribution is -2.20. The molecule has 0 radical (unpaired) electrons. The Morgan fingerprint density at radius 2 is 1.82 bits per heavy atom. The van der Waals surface area contributed by atoms with Gasteiger partial charge in [-0.05, 0) is 56.7 Å². The van der Waals surface area contributed by atoms with Gasteiger partial charge in [-0.15, -0.1) is 6.42 Å². The van der Waals surface area contributed by atoms with Crippen molar-refractivity contribution in [3.05, 3.63) is 98.7 Å². The summed E-state index contributed by atoms with van der Waals surface area (Å²) in [6.45, 7) is 5.70. The van der Waals surface area contributed by atoms with Gasteiger partial charge in [-0.2, -0.15) is 0 Å². The third kappa shape index (κ3) is 4.18. The van der Waals surface area contributed by atoms with Gasteiger partial charge in [0.25, 0.3) is 5.91 Å². The quantitative estimate of drug-likeness (QED) is 0.389. The molecule has 0 aliphatic heterocycles. The van der Waals surface area contributed by atoms with Crippen molar-refractivity contribution < 1.29 is 9.21 Å². The average Bonchev–Trinajstić information content (AvgIpc) is 2.85. The van der Waals surface area contributed by atoms with E-state index in [9.17, 15) is 9.59 Å². The molecule has 0 saturated heterocycles. The van der Waals surface area contributed by atoms with Crippen LogP contribution in [0.25, 0.3) is 22.3 Å². The largest absolute Gasteiger partial charge is 0.455 e. The highest BCUT2D eigenvalue weighted by Crippen LogP contribution is 2.32. The molecule has 5 nitrogen and oxygen atoms in total. The van der Waals surface area contributed by atoms with Gasteiger partial charge in [0.05, 0.1) is 17.0 Å². The first-order valence-corrected chi connectivity index (χ1v) is 11.1. The first kappa shape index (κ1) is 22.9. The number of benzene rings is 3. The van der Waals surface area contributed by atoms with Crippen LogP contribution in [0.1, 0.15) is 45.6 Å². The molecule has 0 saturated carbocycles. The number of rotatable bonds is 5. The van der Waals surface area contributed by atoms with Gasteiger partial charge in [0, 0.05) is 35.0 Å². The molecule has 1 heterocycles. The molecule has 0 spiro atoms. The SMILES string of the molecule is C#Cc1cccc(-c2oc3c([C@@H](C)Nc4ccccc4C(=O)NC)cc(C)cc3c(=O)c2C)c1. The number of para-hydroxylation sites is 1. The summed E-state index contributed by atoms with van der Waals surface area (Å²) >= 11 is 0. The van der Waals surface area contributed by atoms with Crippen LogP contribution >= 0.6 is 0 Å². The van der Waals surface area contributed by atoms with Crippen molar-refractivity contribution in [2.24, 2.45) is 0 Å². The number of aryl methyl sites for hydroxylation is 1. The normalized spacial score (nSPS) is 11.6. The van der Waals surface area contributed by atoms with Crippen molar-refractivity contribution in [1.82, 2.24) is 5.32 Å². The Morgan fingerprint density at radius 1 is 1.06 bits per heavy atom. The summed E-state index contributed by atoms with van der Waals surface area (Å²) in [7, 11) is 1.60. The van der Waals surface area contributed by atoms with Crippen LogP contribution in [-0.4, -0.2) is 13.0 Å². The molecule has 2 N–H and O–H groups in total. The van der Waals surface area contributed by atoms with Crippen molar-refractivity contribution >= 4 is 22.6 Å². The Balaban J connectivity index is 1.88. The van der Waals surface area contributed by atoms with Crippen molar-refractivity contribution in [2.75, 3.05) is 12.4 Å². The van der Waals surface area contributed by atoms with Gasteiger partial charge in [0.2, 0.25) is 0 Å². The Bertz CT molecular complexity index is 1510. The van der Waals surface area contributed by atoms with Gasteiger partial charge in [-0.25, -0.2) is 0 Å². The maximum atomic E-state index is 13.4. The first-order chi connectivity index (χ1) is 16.3. The third-order valence-corrected chi connectivity index (χ3v) is 5.92. The fraction of sp³-hybridized carbons (Fsp3) is 0.172. The molecule has 5 heteroatoms. The molecule has 4 rings (SSSR count). The zero-order valence-corrected chi connectivity index (χ0v) is 19.7. The zero-order chi connectivity index (χ0) is 24.4. The molecule has 3 aromatic carbocycles. The lowest BCUT2D eigenvalue weighted by atomic mass is 9.98. The second-order valence-electron chi connectivity index (χ2n) is 8.33. The maximum absolute atomic E-state index is 13.4. The standard InChI is InChI=1S/C29H26N2O3/c1-6-20-10-9-11-21(16-20)27-18(3)26(32)24-15-17(2)14-23(28(24)34-27)19(4)31-25-13-8-7-12-22(25)29(33)30-5/h1,7-16,19,31H,2-5H3,(H,30,33)/t19-/m1/s1. The summed E-state index contributed by atoms with van der Waals surface area (Å²) < 4.78 is 6.41. The number of hydrogen-bond donors (Lipinski definition) is 2. The molecule has 1 amide bonds. The highest BCUT2D eigenvalue weighted by molar-refractivity contribution is 5.99. The average molecular weight is 451 g/mol. The monoisotopic (exact) mass is 450 g/mol. The predicted octanol–water partition coefficient (Wildman–Crippen LogP) is 5.59. The van der Waals surface area contributed by atoms with Gasteiger partial charge in [0.15, 0.2) is 5.43 Å². The van der Waals surface area contributed by atoms with Crippen LogP contribution in [0.5, 0.6) is 0 Å². The van der Waals surface area contributed by atoms with E-state index in [0.717, 1.165) is 16.7 Å². The molecule has 0 bridgehead atoms. The minimum Gasteiger partial charge on any atom is -0.455 e. The minimum absolute atomic E-state index is 0.0785. The number of amides is 1. The second kappa shape index (κ2) is 9.29. The summed E-state index contributed by atoms with van der Waals surface area (Å²) in [6.07, 6.45) is 5.57. The van der Waals surface area contributed by atoms with E-state index in [2.05, 4.69) is 16.6 Å². The van der Waals surface area contributed by atoms with E-state index in [1.807, 2.05) is 68.4 Å².